The Kier molecular flexibility index (Phi) is 9.24. The van der Waals surface area contributed by atoms with Crippen LogP contribution in [0.25, 0.3) is 0 Å². The highest BCUT2D eigenvalue weighted by Gasteiger charge is 2.72. The maximum absolute atomic E-state index is 13.4. The minimum absolute atomic E-state index is 0.00145. The maximum Gasteiger partial charge on any atom is 0.338 e. The van der Waals surface area contributed by atoms with Gasteiger partial charge in [-0.1, -0.05) is 64.5 Å². The third kappa shape index (κ3) is 5.75. The van der Waals surface area contributed by atoms with Crippen molar-refractivity contribution >= 4 is 23.7 Å². The fourth-order valence-electron chi connectivity index (χ4n) is 11.9. The minimum Gasteiger partial charge on any atom is -0.462 e. The number of hydrogen-bond acceptors (Lipinski definition) is 9. The van der Waals surface area contributed by atoms with Crippen molar-refractivity contribution in [1.82, 2.24) is 0 Å². The van der Waals surface area contributed by atoms with Gasteiger partial charge in [0.1, 0.15) is 24.4 Å². The Hall–Kier alpha value is -3.04. The summed E-state index contributed by atoms with van der Waals surface area (Å²) in [4.78, 5) is 52.4. The molecule has 1 heterocycles. The largest absolute Gasteiger partial charge is 0.462 e. The average molecular weight is 693 g/mol. The van der Waals surface area contributed by atoms with E-state index in [1.807, 2.05) is 6.07 Å². The fourth-order valence-corrected chi connectivity index (χ4v) is 11.9. The molecule has 1 aliphatic heterocycles. The number of aliphatic hydroxyl groups is 1. The molecule has 0 unspecified atom stereocenters. The summed E-state index contributed by atoms with van der Waals surface area (Å²) in [5, 5.41) is 10.6. The molecule has 0 radical (unpaired) electrons. The van der Waals surface area contributed by atoms with E-state index in [0.29, 0.717) is 31.4 Å². The van der Waals surface area contributed by atoms with E-state index in [-0.39, 0.29) is 46.8 Å². The standard InChI is InChI=1S/C41H56O9/c1-23(42)48-33-20-31-37(3,4)32(50-36(45)25-13-11-10-12-14-25)21-34(49-24(2)43)41(31,9)30-17-18-39(7)27(15-16-29(39)40(30,33)8)26-19-28(44)35(47-22-26)38(5,6)46/h10-14,16,26-27,30-35,46H,15,17-22H2,1-9H3/t26-,27+,30+,31+,32-,33-,34+,35-,39+,40+,41-/m1/s1. The Morgan fingerprint density at radius 3 is 2.12 bits per heavy atom. The van der Waals surface area contributed by atoms with Crippen LogP contribution in [0.2, 0.25) is 0 Å². The van der Waals surface area contributed by atoms with Crippen LogP contribution in [0.3, 0.4) is 0 Å². The molecule has 6 rings (SSSR count). The van der Waals surface area contributed by atoms with Crippen molar-refractivity contribution in [2.24, 2.45) is 45.3 Å². The number of benzene rings is 1. The molecule has 0 aromatic heterocycles. The van der Waals surface area contributed by atoms with Gasteiger partial charge in [-0.05, 0) is 80.8 Å². The van der Waals surface area contributed by atoms with Gasteiger partial charge >= 0.3 is 17.9 Å². The van der Waals surface area contributed by atoms with Crippen LogP contribution in [-0.2, 0) is 33.3 Å². The van der Waals surface area contributed by atoms with E-state index >= 15 is 0 Å². The molecule has 9 nitrogen and oxygen atoms in total. The number of carbonyl (C=O) groups excluding carboxylic acids is 4. The van der Waals surface area contributed by atoms with E-state index in [9.17, 15) is 24.3 Å². The lowest BCUT2D eigenvalue weighted by Gasteiger charge is -2.70. The van der Waals surface area contributed by atoms with E-state index in [1.54, 1.807) is 38.1 Å². The molecule has 4 aliphatic carbocycles. The second kappa shape index (κ2) is 12.6. The number of ether oxygens (including phenoxy) is 4. The number of fused-ring (bicyclic) bond motifs is 5. The Balaban J connectivity index is 1.37. The van der Waals surface area contributed by atoms with E-state index < -0.39 is 52.2 Å². The highest BCUT2D eigenvalue weighted by atomic mass is 16.6. The summed E-state index contributed by atoms with van der Waals surface area (Å²) in [5.41, 5.74) is -1.43. The number of carbonyl (C=O) groups is 4. The molecule has 4 fully saturated rings. The average Bonchev–Trinajstić information content (AvgIpc) is 3.38. The first kappa shape index (κ1) is 36.7. The molecular weight excluding hydrogens is 636 g/mol. The predicted molar refractivity (Wildman–Crippen MR) is 186 cm³/mol. The van der Waals surface area contributed by atoms with Crippen LogP contribution >= 0.6 is 0 Å². The molecule has 274 valence electrons. The number of hydrogen-bond donors (Lipinski definition) is 1. The van der Waals surface area contributed by atoms with Crippen LogP contribution in [0, 0.1) is 45.3 Å². The zero-order valence-corrected chi connectivity index (χ0v) is 31.2. The third-order valence-electron chi connectivity index (χ3n) is 14.1. The zero-order chi connectivity index (χ0) is 36.6. The molecule has 0 amide bonds. The molecule has 0 spiro atoms. The number of rotatable bonds is 6. The topological polar surface area (TPSA) is 125 Å². The van der Waals surface area contributed by atoms with Gasteiger partial charge < -0.3 is 24.1 Å². The molecule has 9 heteroatoms. The molecule has 11 atom stereocenters. The van der Waals surface area contributed by atoms with Crippen LogP contribution < -0.4 is 0 Å². The van der Waals surface area contributed by atoms with Crippen LogP contribution in [0.15, 0.2) is 42.0 Å². The molecular formula is C41H56O9. The van der Waals surface area contributed by atoms with Crippen LogP contribution in [-0.4, -0.2) is 65.4 Å². The SMILES string of the molecule is CC(=O)O[C@H]1C[C@@H](OC(=O)c2ccccc2)C(C)(C)[C@@H]2C[C@@H](OC(C)=O)[C@@]3(C)C4=CC[C@@H]([C@H]5CO[C@@H](C(C)(C)O)C(=O)C5)[C@]4(C)CC[C@@H]3[C@@]12C. The van der Waals surface area contributed by atoms with Crippen molar-refractivity contribution in [2.75, 3.05) is 6.61 Å². The lowest BCUT2D eigenvalue weighted by molar-refractivity contribution is -0.259. The van der Waals surface area contributed by atoms with Crippen molar-refractivity contribution in [1.29, 1.82) is 0 Å². The van der Waals surface area contributed by atoms with Crippen molar-refractivity contribution < 1.29 is 43.2 Å². The fraction of sp³-hybridized carbons (Fsp3) is 0.707. The summed E-state index contributed by atoms with van der Waals surface area (Å²) in [6.45, 7) is 17.6. The molecule has 0 bridgehead atoms. The molecule has 1 aromatic carbocycles. The summed E-state index contributed by atoms with van der Waals surface area (Å²) in [7, 11) is 0. The predicted octanol–water partition coefficient (Wildman–Crippen LogP) is 6.65. The van der Waals surface area contributed by atoms with Crippen molar-refractivity contribution in [2.45, 2.75) is 131 Å². The van der Waals surface area contributed by atoms with E-state index in [2.05, 4.69) is 40.7 Å². The summed E-state index contributed by atoms with van der Waals surface area (Å²) in [6, 6.07) is 8.93. The molecule has 1 N–H and O–H groups in total. The highest BCUT2D eigenvalue weighted by Crippen LogP contribution is 2.74. The Morgan fingerprint density at radius 2 is 1.52 bits per heavy atom. The normalized spacial score (nSPS) is 40.8. The lowest BCUT2D eigenvalue weighted by Crippen LogP contribution is -2.70. The van der Waals surface area contributed by atoms with Crippen molar-refractivity contribution in [3.8, 4) is 0 Å². The van der Waals surface area contributed by atoms with Crippen LogP contribution in [0.1, 0.15) is 111 Å². The van der Waals surface area contributed by atoms with Gasteiger partial charge in [0.25, 0.3) is 0 Å². The van der Waals surface area contributed by atoms with Gasteiger partial charge in [0.2, 0.25) is 0 Å². The Labute approximate surface area is 296 Å². The Morgan fingerprint density at radius 1 is 0.880 bits per heavy atom. The summed E-state index contributed by atoms with van der Waals surface area (Å²) in [5.74, 6) is -1.18. The molecule has 5 aliphatic rings. The molecule has 50 heavy (non-hydrogen) atoms. The number of allylic oxidation sites excluding steroid dienone is 1. The van der Waals surface area contributed by atoms with Gasteiger partial charge in [-0.2, -0.15) is 0 Å². The van der Waals surface area contributed by atoms with Gasteiger partial charge in [0.15, 0.2) is 5.78 Å². The summed E-state index contributed by atoms with van der Waals surface area (Å²) < 4.78 is 24.9. The number of ketones is 1. The minimum atomic E-state index is -1.24. The second-order valence-corrected chi connectivity index (χ2v) is 17.7. The molecule has 1 saturated heterocycles. The monoisotopic (exact) mass is 692 g/mol. The zero-order valence-electron chi connectivity index (χ0n) is 31.2. The van der Waals surface area contributed by atoms with Gasteiger partial charge in [-0.25, -0.2) is 4.79 Å². The van der Waals surface area contributed by atoms with E-state index in [4.69, 9.17) is 18.9 Å². The first-order valence-corrected chi connectivity index (χ1v) is 18.4. The quantitative estimate of drug-likeness (QED) is 0.198. The summed E-state index contributed by atoms with van der Waals surface area (Å²) in [6.07, 6.45) is 3.66. The summed E-state index contributed by atoms with van der Waals surface area (Å²) >= 11 is 0. The van der Waals surface area contributed by atoms with Gasteiger partial charge in [-0.3, -0.25) is 14.4 Å². The highest BCUT2D eigenvalue weighted by molar-refractivity contribution is 5.89. The lowest BCUT2D eigenvalue weighted by atomic mass is 9.36. The second-order valence-electron chi connectivity index (χ2n) is 17.7. The van der Waals surface area contributed by atoms with Crippen LogP contribution in [0.4, 0.5) is 0 Å². The van der Waals surface area contributed by atoms with E-state index in [0.717, 1.165) is 19.3 Å². The van der Waals surface area contributed by atoms with Crippen LogP contribution in [0.5, 0.6) is 0 Å². The van der Waals surface area contributed by atoms with Crippen molar-refractivity contribution in [3.05, 3.63) is 47.5 Å². The first-order valence-electron chi connectivity index (χ1n) is 18.4. The third-order valence-corrected chi connectivity index (χ3v) is 14.1. The van der Waals surface area contributed by atoms with E-state index in [1.165, 1.54) is 19.4 Å². The number of esters is 3. The molecule has 1 aromatic rings. The smallest absolute Gasteiger partial charge is 0.338 e. The van der Waals surface area contributed by atoms with Gasteiger partial charge in [0, 0.05) is 42.9 Å². The maximum atomic E-state index is 13.4. The van der Waals surface area contributed by atoms with Gasteiger partial charge in [0.05, 0.1) is 17.8 Å². The Bertz CT molecular complexity index is 1560. The number of Topliss-reactive ketones (excluding diaryl/α,β-unsaturated/α-hetero) is 1. The molecule has 3 saturated carbocycles. The first-order chi connectivity index (χ1) is 23.2. The van der Waals surface area contributed by atoms with Crippen molar-refractivity contribution in [3.63, 3.8) is 0 Å². The van der Waals surface area contributed by atoms with Gasteiger partial charge in [-0.15, -0.1) is 0 Å².